The quantitative estimate of drug-likeness (QED) is 0.489. The predicted octanol–water partition coefficient (Wildman–Crippen LogP) is 2.17. The Morgan fingerprint density at radius 3 is 2.36 bits per heavy atom. The van der Waals surface area contributed by atoms with E-state index in [9.17, 15) is 9.59 Å². The molecule has 3 rings (SSSR count). The number of carbonyl (C=O) groups excluding carboxylic acids is 2. The molecule has 0 saturated heterocycles. The van der Waals surface area contributed by atoms with Gasteiger partial charge in [-0.3, -0.25) is 19.5 Å². The average Bonchev–Trinajstić information content (AvgIpc) is 2.88. The molecule has 2 aliphatic rings. The van der Waals surface area contributed by atoms with Gasteiger partial charge in [0.25, 0.3) is 11.8 Å². The number of nitrogens with one attached hydrogen (secondary N) is 2. The van der Waals surface area contributed by atoms with Crippen molar-refractivity contribution in [3.8, 4) is 0 Å². The lowest BCUT2D eigenvalue weighted by atomic mass is 9.96. The van der Waals surface area contributed by atoms with Crippen LogP contribution in [0.1, 0.15) is 59.7 Å². The molecule has 0 radical (unpaired) electrons. The topological polar surface area (TPSA) is 73.8 Å². The Balaban J connectivity index is 1.58. The molecule has 25 heavy (non-hydrogen) atoms. The molecular weight excluding hydrogens is 316 g/mol. The minimum Gasteiger partial charge on any atom is -0.357 e. The van der Waals surface area contributed by atoms with Crippen molar-refractivity contribution in [1.29, 1.82) is 0 Å². The van der Waals surface area contributed by atoms with Gasteiger partial charge in [-0.05, 0) is 31.9 Å². The van der Waals surface area contributed by atoms with Crippen molar-refractivity contribution in [3.63, 3.8) is 0 Å². The molecule has 1 aromatic rings. The molecule has 0 unspecified atom stereocenters. The number of aliphatic imine (C=N–C) groups is 1. The normalized spacial score (nSPS) is 18.4. The third-order valence-electron chi connectivity index (χ3n) is 4.76. The molecule has 0 bridgehead atoms. The summed E-state index contributed by atoms with van der Waals surface area (Å²) in [5.74, 6) is 0.327. The average molecular weight is 342 g/mol. The highest BCUT2D eigenvalue weighted by atomic mass is 16.2. The van der Waals surface area contributed by atoms with Gasteiger partial charge < -0.3 is 10.6 Å². The summed E-state index contributed by atoms with van der Waals surface area (Å²) in [7, 11) is 0. The fraction of sp³-hybridized carbons (Fsp3) is 0.526. The highest BCUT2D eigenvalue weighted by Gasteiger charge is 2.34. The summed E-state index contributed by atoms with van der Waals surface area (Å²) in [5.41, 5.74) is 0.979. The maximum absolute atomic E-state index is 12.4. The number of nitrogens with zero attached hydrogens (tertiary/aromatic N) is 2. The second-order valence-electron chi connectivity index (χ2n) is 6.55. The van der Waals surface area contributed by atoms with Gasteiger partial charge >= 0.3 is 0 Å². The van der Waals surface area contributed by atoms with E-state index in [1.165, 1.54) is 37.0 Å². The van der Waals surface area contributed by atoms with Crippen LogP contribution in [-0.4, -0.2) is 48.3 Å². The first-order valence-electron chi connectivity index (χ1n) is 9.20. The maximum atomic E-state index is 12.4. The molecule has 0 aromatic heterocycles. The van der Waals surface area contributed by atoms with E-state index in [0.717, 1.165) is 12.5 Å². The van der Waals surface area contributed by atoms with Crippen molar-refractivity contribution in [2.75, 3.05) is 19.6 Å². The molecular formula is C19H26N4O2. The Morgan fingerprint density at radius 1 is 1.12 bits per heavy atom. The Kier molecular flexibility index (Phi) is 5.68. The Morgan fingerprint density at radius 2 is 1.76 bits per heavy atom. The van der Waals surface area contributed by atoms with Crippen molar-refractivity contribution in [3.05, 3.63) is 35.4 Å². The minimum absolute atomic E-state index is 0.221. The lowest BCUT2D eigenvalue weighted by molar-refractivity contribution is 0.0659. The highest BCUT2D eigenvalue weighted by Crippen LogP contribution is 2.22. The molecule has 2 N–H and O–H groups in total. The lowest BCUT2D eigenvalue weighted by Crippen LogP contribution is -2.44. The lowest BCUT2D eigenvalue weighted by Gasteiger charge is -2.25. The summed E-state index contributed by atoms with van der Waals surface area (Å²) in [5, 5.41) is 6.72. The number of hydrogen-bond donors (Lipinski definition) is 2. The third kappa shape index (κ3) is 4.00. The molecule has 1 saturated carbocycles. The second kappa shape index (κ2) is 8.14. The second-order valence-corrected chi connectivity index (χ2v) is 6.55. The van der Waals surface area contributed by atoms with E-state index < -0.39 is 0 Å². The zero-order valence-corrected chi connectivity index (χ0v) is 14.8. The number of amides is 2. The third-order valence-corrected chi connectivity index (χ3v) is 4.76. The van der Waals surface area contributed by atoms with Gasteiger partial charge in [0.2, 0.25) is 0 Å². The fourth-order valence-electron chi connectivity index (χ4n) is 3.46. The summed E-state index contributed by atoms with van der Waals surface area (Å²) in [6, 6.07) is 7.43. The van der Waals surface area contributed by atoms with Crippen LogP contribution in [0.4, 0.5) is 0 Å². The van der Waals surface area contributed by atoms with Gasteiger partial charge in [0.1, 0.15) is 0 Å². The summed E-state index contributed by atoms with van der Waals surface area (Å²) in [6.45, 7) is 3.51. The van der Waals surface area contributed by atoms with Gasteiger partial charge in [0, 0.05) is 19.1 Å². The van der Waals surface area contributed by atoms with E-state index >= 15 is 0 Å². The van der Waals surface area contributed by atoms with Crippen LogP contribution in [0.5, 0.6) is 0 Å². The minimum atomic E-state index is -0.221. The number of carbonyl (C=O) groups is 2. The van der Waals surface area contributed by atoms with E-state index in [0.29, 0.717) is 30.3 Å². The van der Waals surface area contributed by atoms with Gasteiger partial charge in [-0.15, -0.1) is 0 Å². The number of rotatable bonds is 5. The predicted molar refractivity (Wildman–Crippen MR) is 97.8 cm³/mol. The molecule has 134 valence electrons. The zero-order valence-electron chi connectivity index (χ0n) is 14.8. The van der Waals surface area contributed by atoms with E-state index in [1.807, 2.05) is 6.92 Å². The van der Waals surface area contributed by atoms with Crippen LogP contribution in [0, 0.1) is 0 Å². The number of guanidine groups is 1. The van der Waals surface area contributed by atoms with Gasteiger partial charge in [-0.25, -0.2) is 0 Å². The largest absolute Gasteiger partial charge is 0.357 e. The van der Waals surface area contributed by atoms with Crippen molar-refractivity contribution >= 4 is 17.8 Å². The molecule has 1 aliphatic heterocycles. The molecule has 0 atom stereocenters. The smallest absolute Gasteiger partial charge is 0.261 e. The highest BCUT2D eigenvalue weighted by molar-refractivity contribution is 6.21. The van der Waals surface area contributed by atoms with Crippen LogP contribution in [0.15, 0.2) is 29.3 Å². The van der Waals surface area contributed by atoms with Crippen LogP contribution in [0.2, 0.25) is 0 Å². The number of imide groups is 1. The molecule has 1 aromatic carbocycles. The van der Waals surface area contributed by atoms with E-state index in [-0.39, 0.29) is 11.8 Å². The van der Waals surface area contributed by atoms with Crippen molar-refractivity contribution in [2.24, 2.45) is 4.99 Å². The number of benzene rings is 1. The van der Waals surface area contributed by atoms with Crippen LogP contribution in [0.25, 0.3) is 0 Å². The van der Waals surface area contributed by atoms with Crippen molar-refractivity contribution < 1.29 is 9.59 Å². The van der Waals surface area contributed by atoms with Gasteiger partial charge in [0.15, 0.2) is 5.96 Å². The van der Waals surface area contributed by atoms with E-state index in [2.05, 4.69) is 15.6 Å². The molecule has 6 nitrogen and oxygen atoms in total. The Labute approximate surface area is 148 Å². The molecule has 1 aliphatic carbocycles. The molecule has 0 spiro atoms. The van der Waals surface area contributed by atoms with Gasteiger partial charge in [-0.2, -0.15) is 0 Å². The standard InChI is InChI=1S/C19H26N4O2/c1-2-20-19(22-14-8-4-3-5-9-14)21-12-13-23-17(24)15-10-6-7-11-16(15)18(23)25/h6-7,10-11,14H,2-5,8-9,12-13H2,1H3,(H2,20,21,22). The van der Waals surface area contributed by atoms with Gasteiger partial charge in [-0.1, -0.05) is 31.4 Å². The zero-order chi connectivity index (χ0) is 17.6. The van der Waals surface area contributed by atoms with Crippen LogP contribution < -0.4 is 10.6 Å². The summed E-state index contributed by atoms with van der Waals surface area (Å²) >= 11 is 0. The fourth-order valence-corrected chi connectivity index (χ4v) is 3.46. The van der Waals surface area contributed by atoms with E-state index in [4.69, 9.17) is 0 Å². The van der Waals surface area contributed by atoms with Crippen LogP contribution in [-0.2, 0) is 0 Å². The molecule has 2 amide bonds. The Hall–Kier alpha value is -2.37. The number of hydrogen-bond acceptors (Lipinski definition) is 3. The van der Waals surface area contributed by atoms with Crippen molar-refractivity contribution in [2.45, 2.75) is 45.1 Å². The maximum Gasteiger partial charge on any atom is 0.261 e. The first kappa shape index (κ1) is 17.5. The van der Waals surface area contributed by atoms with Crippen LogP contribution in [0.3, 0.4) is 0 Å². The SMILES string of the molecule is CCNC(=NCCN1C(=O)c2ccccc2C1=O)NC1CCCCC1. The van der Waals surface area contributed by atoms with Crippen molar-refractivity contribution in [1.82, 2.24) is 15.5 Å². The summed E-state index contributed by atoms with van der Waals surface area (Å²) < 4.78 is 0. The first-order valence-corrected chi connectivity index (χ1v) is 9.20. The Bertz CT molecular complexity index is 630. The molecule has 6 heteroatoms. The first-order chi connectivity index (χ1) is 12.2. The number of fused-ring (bicyclic) bond motifs is 1. The summed E-state index contributed by atoms with van der Waals surface area (Å²) in [4.78, 5) is 30.5. The summed E-state index contributed by atoms with van der Waals surface area (Å²) in [6.07, 6.45) is 6.16. The van der Waals surface area contributed by atoms with E-state index in [1.54, 1.807) is 24.3 Å². The van der Waals surface area contributed by atoms with Gasteiger partial charge in [0.05, 0.1) is 17.7 Å². The van der Waals surface area contributed by atoms with Crippen LogP contribution >= 0.6 is 0 Å². The monoisotopic (exact) mass is 342 g/mol. The molecule has 1 fully saturated rings. The molecule has 1 heterocycles.